The van der Waals surface area contributed by atoms with Gasteiger partial charge in [-0.05, 0) is 60.0 Å². The lowest BCUT2D eigenvalue weighted by atomic mass is 10.2. The molecular formula is C29H22N4OS. The van der Waals surface area contributed by atoms with Crippen molar-refractivity contribution in [2.45, 2.75) is 0 Å². The van der Waals surface area contributed by atoms with Gasteiger partial charge in [-0.2, -0.15) is 0 Å². The van der Waals surface area contributed by atoms with Crippen LogP contribution in [0.2, 0.25) is 0 Å². The zero-order valence-electron chi connectivity index (χ0n) is 18.8. The van der Waals surface area contributed by atoms with E-state index in [1.165, 1.54) is 11.9 Å². The molecule has 0 spiro atoms. The fourth-order valence-corrected chi connectivity index (χ4v) is 3.82. The van der Waals surface area contributed by atoms with Crippen molar-refractivity contribution in [1.82, 2.24) is 9.97 Å². The summed E-state index contributed by atoms with van der Waals surface area (Å²) in [5.74, 6) is 1.76. The first-order valence-electron chi connectivity index (χ1n) is 11.1. The van der Waals surface area contributed by atoms with Gasteiger partial charge in [-0.25, -0.2) is 14.4 Å². The highest BCUT2D eigenvalue weighted by atomic mass is 32.2. The molecule has 0 unspecified atom stereocenters. The van der Waals surface area contributed by atoms with Crippen molar-refractivity contribution in [3.05, 3.63) is 121 Å². The molecule has 1 N–H and O–H groups in total. The Labute approximate surface area is 208 Å². The molecule has 5 nitrogen and oxygen atoms in total. The summed E-state index contributed by atoms with van der Waals surface area (Å²) in [4.78, 5) is 9.03. The van der Waals surface area contributed by atoms with Crippen LogP contribution in [-0.4, -0.2) is 16.2 Å². The fraction of sp³-hybridized carbons (Fsp3) is 0. The Bertz CT molecular complexity index is 1340. The van der Waals surface area contributed by atoms with Gasteiger partial charge in [0.25, 0.3) is 0 Å². The van der Waals surface area contributed by atoms with Gasteiger partial charge < -0.3 is 10.1 Å². The summed E-state index contributed by atoms with van der Waals surface area (Å²) in [7, 11) is 0. The minimum atomic E-state index is 0.881. The lowest BCUT2D eigenvalue weighted by Gasteiger charge is -2.20. The Morgan fingerprint density at radius 3 is 1.57 bits per heavy atom. The number of anilines is 2. The highest BCUT2D eigenvalue weighted by molar-refractivity contribution is 8.01. The van der Waals surface area contributed by atoms with E-state index in [1.807, 2.05) is 121 Å². The van der Waals surface area contributed by atoms with Crippen LogP contribution >= 0.6 is 11.9 Å². The predicted octanol–water partition coefficient (Wildman–Crippen LogP) is 8.11. The standard InChI is InChI=1S/C12H8N2.C12H9NO.C5H5NS/c1-2-6-10-9(5-1)13-11-7-3-4-8-12(11)14-10;1-3-7-11-9(5-1)13-10-6-2-4-8-12(10)14-11;1-2-4-6-7-5-3-1/h1-8H;1-8,13H;1-5H. The molecule has 3 heterocycles. The van der Waals surface area contributed by atoms with Crippen molar-refractivity contribution in [2.24, 2.45) is 4.40 Å². The van der Waals surface area contributed by atoms with Crippen LogP contribution in [0.5, 0.6) is 11.5 Å². The number of ether oxygens (including phenoxy) is 1. The second-order valence-electron chi connectivity index (χ2n) is 7.49. The van der Waals surface area contributed by atoms with Gasteiger partial charge in [-0.3, -0.25) is 0 Å². The number of fused-ring (bicyclic) bond motifs is 4. The van der Waals surface area contributed by atoms with Crippen LogP contribution in [0.3, 0.4) is 0 Å². The van der Waals surface area contributed by atoms with Crippen LogP contribution in [0.4, 0.5) is 11.4 Å². The Kier molecular flexibility index (Phi) is 7.12. The number of nitrogens with one attached hydrogen (secondary N) is 1. The van der Waals surface area contributed by atoms with Gasteiger partial charge in [0.1, 0.15) is 0 Å². The lowest BCUT2D eigenvalue weighted by molar-refractivity contribution is 0.481. The van der Waals surface area contributed by atoms with E-state index in [4.69, 9.17) is 4.74 Å². The number of hydrogen-bond acceptors (Lipinski definition) is 6. The van der Waals surface area contributed by atoms with Gasteiger partial charge in [-0.15, -0.1) is 0 Å². The molecule has 1 aromatic heterocycles. The number of para-hydroxylation sites is 8. The minimum Gasteiger partial charge on any atom is -0.453 e. The number of aromatic nitrogens is 2. The molecule has 6 heteroatoms. The van der Waals surface area contributed by atoms with Crippen molar-refractivity contribution >= 4 is 51.6 Å². The predicted molar refractivity (Wildman–Crippen MR) is 148 cm³/mol. The van der Waals surface area contributed by atoms with Crippen LogP contribution in [-0.2, 0) is 0 Å². The molecule has 35 heavy (non-hydrogen) atoms. The first-order valence-corrected chi connectivity index (χ1v) is 12.0. The van der Waals surface area contributed by atoms with E-state index in [1.54, 1.807) is 6.21 Å². The second kappa shape index (κ2) is 11.1. The summed E-state index contributed by atoms with van der Waals surface area (Å²) in [5.41, 5.74) is 5.84. The van der Waals surface area contributed by atoms with E-state index in [9.17, 15) is 0 Å². The fourth-order valence-electron chi connectivity index (χ4n) is 3.45. The largest absolute Gasteiger partial charge is 0.453 e. The molecule has 0 bridgehead atoms. The summed E-state index contributed by atoms with van der Waals surface area (Å²) in [6.07, 6.45) is 7.57. The maximum Gasteiger partial charge on any atom is 0.150 e. The van der Waals surface area contributed by atoms with Gasteiger partial charge in [0.2, 0.25) is 0 Å². The Balaban J connectivity index is 0.000000115. The molecule has 7 rings (SSSR count). The van der Waals surface area contributed by atoms with Crippen LogP contribution in [0, 0.1) is 0 Å². The molecule has 4 aromatic carbocycles. The van der Waals surface area contributed by atoms with Gasteiger partial charge >= 0.3 is 0 Å². The molecule has 5 aromatic rings. The first-order chi connectivity index (χ1) is 17.4. The highest BCUT2D eigenvalue weighted by Gasteiger charge is 2.13. The molecule has 0 fully saturated rings. The average Bonchev–Trinajstić information content (AvgIpc) is 3.25. The van der Waals surface area contributed by atoms with Crippen LogP contribution in [0.1, 0.15) is 0 Å². The lowest BCUT2D eigenvalue weighted by Crippen LogP contribution is -2.01. The normalized spacial score (nSPS) is 12.6. The summed E-state index contributed by atoms with van der Waals surface area (Å²) in [6, 6.07) is 31.7. The molecule has 0 radical (unpaired) electrons. The molecule has 0 aliphatic carbocycles. The van der Waals surface area contributed by atoms with Crippen molar-refractivity contribution in [1.29, 1.82) is 0 Å². The van der Waals surface area contributed by atoms with Crippen LogP contribution in [0.15, 0.2) is 125 Å². The Morgan fingerprint density at radius 2 is 1.03 bits per heavy atom. The van der Waals surface area contributed by atoms with Gasteiger partial charge in [0.15, 0.2) is 11.5 Å². The molecular weight excluding hydrogens is 452 g/mol. The summed E-state index contributed by atoms with van der Waals surface area (Å²) < 4.78 is 9.60. The zero-order chi connectivity index (χ0) is 23.7. The maximum absolute atomic E-state index is 5.71. The van der Waals surface area contributed by atoms with E-state index in [0.717, 1.165) is 44.9 Å². The summed E-state index contributed by atoms with van der Waals surface area (Å²) >= 11 is 1.44. The second-order valence-corrected chi connectivity index (χ2v) is 8.19. The quantitative estimate of drug-likeness (QED) is 0.178. The first kappa shape index (κ1) is 22.4. The van der Waals surface area contributed by atoms with Gasteiger partial charge in [0, 0.05) is 18.2 Å². The van der Waals surface area contributed by atoms with Crippen molar-refractivity contribution in [3.63, 3.8) is 0 Å². The molecule has 0 saturated carbocycles. The number of benzene rings is 4. The third-order valence-corrected chi connectivity index (χ3v) is 5.60. The third kappa shape index (κ3) is 5.75. The van der Waals surface area contributed by atoms with E-state index >= 15 is 0 Å². The average molecular weight is 475 g/mol. The van der Waals surface area contributed by atoms with Crippen molar-refractivity contribution < 1.29 is 4.74 Å². The number of hydrogen-bond donors (Lipinski definition) is 1. The van der Waals surface area contributed by atoms with Crippen LogP contribution in [0.25, 0.3) is 22.1 Å². The number of allylic oxidation sites excluding steroid dienone is 3. The summed E-state index contributed by atoms with van der Waals surface area (Å²) in [6.45, 7) is 0. The van der Waals surface area contributed by atoms with Gasteiger partial charge in [-0.1, -0.05) is 60.7 Å². The number of nitrogens with zero attached hydrogens (tertiary/aromatic N) is 3. The number of rotatable bonds is 0. The molecule has 0 atom stereocenters. The molecule has 2 aliphatic rings. The molecule has 0 amide bonds. The van der Waals surface area contributed by atoms with Gasteiger partial charge in [0.05, 0.1) is 33.4 Å². The van der Waals surface area contributed by atoms with E-state index in [0.29, 0.717) is 0 Å². The monoisotopic (exact) mass is 474 g/mol. The highest BCUT2D eigenvalue weighted by Crippen LogP contribution is 2.40. The molecule has 170 valence electrons. The Hall–Kier alpha value is -4.42. The Morgan fingerprint density at radius 1 is 0.543 bits per heavy atom. The van der Waals surface area contributed by atoms with E-state index < -0.39 is 0 Å². The smallest absolute Gasteiger partial charge is 0.150 e. The molecule has 0 saturated heterocycles. The van der Waals surface area contributed by atoms with Crippen molar-refractivity contribution in [3.8, 4) is 11.5 Å². The SMILES string of the molecule is C1=CC=NSC=C1.c1ccc2c(c1)Nc1ccccc1O2.c1ccc2nc3ccccc3nc2c1. The maximum atomic E-state index is 5.71. The van der Waals surface area contributed by atoms with Crippen molar-refractivity contribution in [2.75, 3.05) is 5.32 Å². The van der Waals surface area contributed by atoms with E-state index in [2.05, 4.69) is 19.7 Å². The zero-order valence-corrected chi connectivity index (χ0v) is 19.6. The van der Waals surface area contributed by atoms with Crippen LogP contribution < -0.4 is 10.1 Å². The summed E-state index contributed by atoms with van der Waals surface area (Å²) in [5, 5.41) is 5.25. The topological polar surface area (TPSA) is 59.4 Å². The van der Waals surface area contributed by atoms with E-state index in [-0.39, 0.29) is 0 Å². The molecule has 2 aliphatic heterocycles. The third-order valence-electron chi connectivity index (χ3n) is 5.08. The minimum absolute atomic E-state index is 0.881.